The summed E-state index contributed by atoms with van der Waals surface area (Å²) in [5.41, 5.74) is 0. The lowest BCUT2D eigenvalue weighted by Gasteiger charge is -2.29. The summed E-state index contributed by atoms with van der Waals surface area (Å²) in [7, 11) is 2.40. The first-order chi connectivity index (χ1) is 6.23. The maximum atomic E-state index is 2.73. The average Bonchev–Trinajstić information content (AvgIpc) is 2.73. The Kier molecular flexibility index (Phi) is 2.61. The van der Waals surface area contributed by atoms with Crippen LogP contribution in [0.5, 0.6) is 0 Å². The molecule has 1 heterocycles. The maximum Gasteiger partial charge on any atom is 0.135 e. The Labute approximate surface area is 82.1 Å². The number of hydrogen-bond donors (Lipinski definition) is 0. The summed E-state index contributed by atoms with van der Waals surface area (Å²) in [6.45, 7) is 7.63. The molecule has 0 amide bonds. The van der Waals surface area contributed by atoms with Crippen molar-refractivity contribution >= 4 is 0 Å². The Balaban J connectivity index is 1.90. The molecule has 13 heavy (non-hydrogen) atoms. The molecule has 2 heteroatoms. The van der Waals surface area contributed by atoms with E-state index in [1.165, 1.54) is 56.5 Å². The molecule has 0 aromatic heterocycles. The molecule has 2 rings (SSSR count). The Hall–Kier alpha value is -0.0800. The minimum absolute atomic E-state index is 0.937. The number of likely N-dealkylation sites (N-methyl/N-ethyl adjacent to an activating group) is 1. The summed E-state index contributed by atoms with van der Waals surface area (Å²) in [4.78, 5) is 2.73. The molecule has 1 aliphatic carbocycles. The van der Waals surface area contributed by atoms with Crippen molar-refractivity contribution in [2.75, 3.05) is 33.4 Å². The smallest absolute Gasteiger partial charge is 0.135 e. The monoisotopic (exact) mass is 183 g/mol. The lowest BCUT2D eigenvalue weighted by molar-refractivity contribution is -0.900. The molecule has 2 nitrogen and oxygen atoms in total. The molecule has 0 aromatic rings. The maximum absolute atomic E-state index is 2.73. The summed E-state index contributed by atoms with van der Waals surface area (Å²) in [6.07, 6.45) is 5.86. The van der Waals surface area contributed by atoms with E-state index in [0.717, 1.165) is 6.04 Å². The summed E-state index contributed by atoms with van der Waals surface area (Å²) < 4.78 is 1.27. The van der Waals surface area contributed by atoms with Gasteiger partial charge in [0.1, 0.15) is 6.67 Å². The van der Waals surface area contributed by atoms with Crippen molar-refractivity contribution in [2.45, 2.75) is 38.6 Å². The SMILES string of the molecule is CC[N@+]1(C)CCN(C2CCCC2)C1. The van der Waals surface area contributed by atoms with E-state index in [9.17, 15) is 0 Å². The molecule has 0 aromatic carbocycles. The fourth-order valence-corrected chi connectivity index (χ4v) is 2.78. The van der Waals surface area contributed by atoms with Crippen LogP contribution in [0.2, 0.25) is 0 Å². The van der Waals surface area contributed by atoms with Crippen molar-refractivity contribution in [1.29, 1.82) is 0 Å². The van der Waals surface area contributed by atoms with Gasteiger partial charge in [-0.1, -0.05) is 12.8 Å². The zero-order valence-electron chi connectivity index (χ0n) is 9.13. The highest BCUT2D eigenvalue weighted by atomic mass is 15.5. The second kappa shape index (κ2) is 3.58. The molecule has 0 spiro atoms. The summed E-state index contributed by atoms with van der Waals surface area (Å²) in [5.74, 6) is 0. The molecule has 0 bridgehead atoms. The van der Waals surface area contributed by atoms with Crippen molar-refractivity contribution in [1.82, 2.24) is 4.90 Å². The van der Waals surface area contributed by atoms with Gasteiger partial charge >= 0.3 is 0 Å². The first-order valence-corrected chi connectivity index (χ1v) is 5.81. The van der Waals surface area contributed by atoms with Gasteiger partial charge in [-0.3, -0.25) is 0 Å². The van der Waals surface area contributed by atoms with Gasteiger partial charge in [-0.05, 0) is 19.8 Å². The van der Waals surface area contributed by atoms with Gasteiger partial charge < -0.3 is 4.48 Å². The molecule has 0 N–H and O–H groups in total. The van der Waals surface area contributed by atoms with Crippen LogP contribution in [0, 0.1) is 0 Å². The highest BCUT2D eigenvalue weighted by molar-refractivity contribution is 4.77. The standard InChI is InChI=1S/C11H23N2/c1-3-13(2)9-8-12(10-13)11-6-4-5-7-11/h11H,3-10H2,1-2H3/q+1/t13-/m1/s1. The molecular weight excluding hydrogens is 160 g/mol. The molecule has 0 unspecified atom stereocenters. The molecule has 0 radical (unpaired) electrons. The quantitative estimate of drug-likeness (QED) is 0.589. The van der Waals surface area contributed by atoms with Gasteiger partial charge in [-0.25, -0.2) is 4.90 Å². The van der Waals surface area contributed by atoms with Gasteiger partial charge in [0.15, 0.2) is 0 Å². The lowest BCUT2D eigenvalue weighted by Crippen LogP contribution is -2.44. The van der Waals surface area contributed by atoms with Crippen molar-refractivity contribution in [3.63, 3.8) is 0 Å². The van der Waals surface area contributed by atoms with E-state index in [1.807, 2.05) is 0 Å². The van der Waals surface area contributed by atoms with E-state index in [-0.39, 0.29) is 0 Å². The topological polar surface area (TPSA) is 3.24 Å². The first-order valence-electron chi connectivity index (χ1n) is 5.81. The van der Waals surface area contributed by atoms with E-state index in [0.29, 0.717) is 0 Å². The zero-order chi connectivity index (χ0) is 9.31. The number of hydrogen-bond acceptors (Lipinski definition) is 1. The minimum atomic E-state index is 0.937. The zero-order valence-corrected chi connectivity index (χ0v) is 9.13. The fraction of sp³-hybridized carbons (Fsp3) is 1.00. The van der Waals surface area contributed by atoms with Gasteiger partial charge in [0, 0.05) is 6.04 Å². The van der Waals surface area contributed by atoms with Gasteiger partial charge in [0.2, 0.25) is 0 Å². The predicted molar refractivity (Wildman–Crippen MR) is 55.4 cm³/mol. The average molecular weight is 183 g/mol. The second-order valence-corrected chi connectivity index (χ2v) is 5.05. The molecule has 1 aliphatic heterocycles. The van der Waals surface area contributed by atoms with Crippen LogP contribution in [0.4, 0.5) is 0 Å². The van der Waals surface area contributed by atoms with E-state index < -0.39 is 0 Å². The van der Waals surface area contributed by atoms with Gasteiger partial charge in [-0.15, -0.1) is 0 Å². The molecular formula is C11H23N2+. The van der Waals surface area contributed by atoms with Crippen molar-refractivity contribution < 1.29 is 4.48 Å². The Bertz CT molecular complexity index is 175. The molecule has 1 saturated carbocycles. The van der Waals surface area contributed by atoms with E-state index in [1.54, 1.807) is 0 Å². The highest BCUT2D eigenvalue weighted by Crippen LogP contribution is 2.27. The number of nitrogens with zero attached hydrogens (tertiary/aromatic N) is 2. The van der Waals surface area contributed by atoms with E-state index >= 15 is 0 Å². The minimum Gasteiger partial charge on any atom is -0.313 e. The predicted octanol–water partition coefficient (Wildman–Crippen LogP) is 1.67. The Morgan fingerprint density at radius 2 is 2.00 bits per heavy atom. The van der Waals surface area contributed by atoms with E-state index in [4.69, 9.17) is 0 Å². The number of quaternary nitrogens is 1. The van der Waals surface area contributed by atoms with Crippen LogP contribution in [0.1, 0.15) is 32.6 Å². The Morgan fingerprint density at radius 1 is 1.31 bits per heavy atom. The summed E-state index contributed by atoms with van der Waals surface area (Å²) in [6, 6.07) is 0.937. The van der Waals surface area contributed by atoms with Gasteiger partial charge in [0.05, 0.1) is 26.7 Å². The third-order valence-electron chi connectivity index (χ3n) is 4.05. The van der Waals surface area contributed by atoms with Crippen molar-refractivity contribution in [3.05, 3.63) is 0 Å². The lowest BCUT2D eigenvalue weighted by atomic mass is 10.2. The van der Waals surface area contributed by atoms with Crippen LogP contribution in [0.25, 0.3) is 0 Å². The third-order valence-corrected chi connectivity index (χ3v) is 4.05. The van der Waals surface area contributed by atoms with Crippen molar-refractivity contribution in [3.8, 4) is 0 Å². The van der Waals surface area contributed by atoms with Crippen LogP contribution in [0.3, 0.4) is 0 Å². The van der Waals surface area contributed by atoms with Crippen LogP contribution in [-0.2, 0) is 0 Å². The Morgan fingerprint density at radius 3 is 2.54 bits per heavy atom. The van der Waals surface area contributed by atoms with Crippen molar-refractivity contribution in [2.24, 2.45) is 0 Å². The van der Waals surface area contributed by atoms with E-state index in [2.05, 4.69) is 18.9 Å². The molecule has 76 valence electrons. The fourth-order valence-electron chi connectivity index (χ4n) is 2.78. The normalized spacial score (nSPS) is 37.4. The summed E-state index contributed by atoms with van der Waals surface area (Å²) >= 11 is 0. The third kappa shape index (κ3) is 1.89. The van der Waals surface area contributed by atoms with Crippen LogP contribution in [-0.4, -0.2) is 48.8 Å². The van der Waals surface area contributed by atoms with Gasteiger partial charge in [-0.2, -0.15) is 0 Å². The number of rotatable bonds is 2. The molecule has 1 atom stereocenters. The summed E-state index contributed by atoms with van der Waals surface area (Å²) in [5, 5.41) is 0. The highest BCUT2D eigenvalue weighted by Gasteiger charge is 2.35. The van der Waals surface area contributed by atoms with Crippen LogP contribution >= 0.6 is 0 Å². The molecule has 2 aliphatic rings. The largest absolute Gasteiger partial charge is 0.313 e. The van der Waals surface area contributed by atoms with Crippen LogP contribution < -0.4 is 0 Å². The van der Waals surface area contributed by atoms with Crippen LogP contribution in [0.15, 0.2) is 0 Å². The second-order valence-electron chi connectivity index (χ2n) is 5.05. The first kappa shape index (κ1) is 9.47. The molecule has 1 saturated heterocycles. The molecule has 2 fully saturated rings. The van der Waals surface area contributed by atoms with Gasteiger partial charge in [0.25, 0.3) is 0 Å².